The van der Waals surface area contributed by atoms with Crippen LogP contribution in [0.15, 0.2) is 48.5 Å². The predicted octanol–water partition coefficient (Wildman–Crippen LogP) is 3.08. The first-order chi connectivity index (χ1) is 9.61. The largest absolute Gasteiger partial charge is 0.508 e. The molecular weight excluding hydrogens is 250 g/mol. The van der Waals surface area contributed by atoms with Gasteiger partial charge in [0, 0.05) is 11.6 Å². The highest BCUT2D eigenvalue weighted by molar-refractivity contribution is 5.38. The molecule has 2 aromatic rings. The number of phenols is 1. The highest BCUT2D eigenvalue weighted by Crippen LogP contribution is 2.27. The van der Waals surface area contributed by atoms with Crippen molar-refractivity contribution in [3.63, 3.8) is 0 Å². The summed E-state index contributed by atoms with van der Waals surface area (Å²) >= 11 is 0. The molecule has 0 saturated heterocycles. The minimum Gasteiger partial charge on any atom is -0.508 e. The average molecular weight is 271 g/mol. The molecule has 2 unspecified atom stereocenters. The molecule has 0 fully saturated rings. The molecule has 2 aromatic carbocycles. The molecule has 3 nitrogen and oxygen atoms in total. The minimum atomic E-state index is -0.147. The second-order valence-electron chi connectivity index (χ2n) is 5.10. The summed E-state index contributed by atoms with van der Waals surface area (Å²) in [5.41, 5.74) is 2.99. The number of phenolic OH excluding ortho intramolecular Hbond substituents is 1. The zero-order chi connectivity index (χ0) is 14.5. The van der Waals surface area contributed by atoms with E-state index in [9.17, 15) is 10.2 Å². The van der Waals surface area contributed by atoms with Gasteiger partial charge >= 0.3 is 0 Å². The molecule has 0 aliphatic heterocycles. The van der Waals surface area contributed by atoms with E-state index in [1.807, 2.05) is 56.3 Å². The van der Waals surface area contributed by atoms with Gasteiger partial charge in [-0.3, -0.25) is 0 Å². The Bertz CT molecular complexity index is 554. The molecule has 2 atom stereocenters. The van der Waals surface area contributed by atoms with Gasteiger partial charge < -0.3 is 15.5 Å². The van der Waals surface area contributed by atoms with Crippen LogP contribution in [0.3, 0.4) is 0 Å². The Hall–Kier alpha value is -1.84. The summed E-state index contributed by atoms with van der Waals surface area (Å²) in [7, 11) is 0. The van der Waals surface area contributed by atoms with Gasteiger partial charge in [-0.1, -0.05) is 48.0 Å². The van der Waals surface area contributed by atoms with Crippen LogP contribution in [0.5, 0.6) is 5.75 Å². The van der Waals surface area contributed by atoms with Gasteiger partial charge in [-0.15, -0.1) is 0 Å². The monoisotopic (exact) mass is 271 g/mol. The van der Waals surface area contributed by atoms with E-state index in [0.29, 0.717) is 0 Å². The van der Waals surface area contributed by atoms with Crippen molar-refractivity contribution in [2.75, 3.05) is 6.61 Å². The van der Waals surface area contributed by atoms with Gasteiger partial charge in [0.15, 0.2) is 0 Å². The summed E-state index contributed by atoms with van der Waals surface area (Å²) < 4.78 is 0. The Labute approximate surface area is 119 Å². The molecule has 3 heteroatoms. The normalized spacial score (nSPS) is 13.9. The number of rotatable bonds is 5. The van der Waals surface area contributed by atoms with Crippen LogP contribution in [0, 0.1) is 6.92 Å². The molecule has 0 aromatic heterocycles. The highest BCUT2D eigenvalue weighted by Gasteiger charge is 2.16. The maximum absolute atomic E-state index is 9.96. The zero-order valence-corrected chi connectivity index (χ0v) is 11.9. The lowest BCUT2D eigenvalue weighted by Crippen LogP contribution is -2.27. The van der Waals surface area contributed by atoms with Crippen molar-refractivity contribution in [1.82, 2.24) is 5.32 Å². The molecule has 3 N–H and O–H groups in total. The molecule has 0 bridgehead atoms. The zero-order valence-electron chi connectivity index (χ0n) is 11.9. The van der Waals surface area contributed by atoms with Crippen LogP contribution in [0.1, 0.15) is 35.7 Å². The van der Waals surface area contributed by atoms with Crippen molar-refractivity contribution in [3.8, 4) is 5.75 Å². The number of aromatic hydroxyl groups is 1. The molecule has 0 saturated carbocycles. The fraction of sp³-hybridized carbons (Fsp3) is 0.294. The number of aliphatic hydroxyl groups excluding tert-OH is 1. The number of benzene rings is 2. The lowest BCUT2D eigenvalue weighted by molar-refractivity contribution is 0.234. The Morgan fingerprint density at radius 1 is 1.10 bits per heavy atom. The third-order valence-electron chi connectivity index (χ3n) is 3.49. The number of nitrogens with one attached hydrogen (secondary N) is 1. The molecule has 0 aliphatic rings. The first kappa shape index (κ1) is 14.6. The van der Waals surface area contributed by atoms with Crippen LogP contribution in [-0.2, 0) is 0 Å². The molecule has 0 aliphatic carbocycles. The molecular formula is C17H21NO2. The number of aliphatic hydroxyl groups is 1. The van der Waals surface area contributed by atoms with E-state index in [4.69, 9.17) is 0 Å². The molecule has 0 spiro atoms. The molecule has 20 heavy (non-hydrogen) atoms. The SMILES string of the molecule is Cc1ccc(O)c(C(C)NC(CO)c2ccccc2)c1. The van der Waals surface area contributed by atoms with Crippen LogP contribution in [0.2, 0.25) is 0 Å². The maximum atomic E-state index is 9.96. The second kappa shape index (κ2) is 6.55. The van der Waals surface area contributed by atoms with Gasteiger partial charge in [0.1, 0.15) is 5.75 Å². The lowest BCUT2D eigenvalue weighted by Gasteiger charge is -2.23. The summed E-state index contributed by atoms with van der Waals surface area (Å²) in [5.74, 6) is 0.278. The maximum Gasteiger partial charge on any atom is 0.120 e. The molecule has 0 heterocycles. The van der Waals surface area contributed by atoms with Crippen molar-refractivity contribution < 1.29 is 10.2 Å². The first-order valence-corrected chi connectivity index (χ1v) is 6.83. The van der Waals surface area contributed by atoms with Crippen LogP contribution in [-0.4, -0.2) is 16.8 Å². The number of hydrogen-bond acceptors (Lipinski definition) is 3. The van der Waals surface area contributed by atoms with E-state index in [-0.39, 0.29) is 24.4 Å². The standard InChI is InChI=1S/C17H21NO2/c1-12-8-9-17(20)15(10-12)13(2)18-16(11-19)14-6-4-3-5-7-14/h3-10,13,16,18-20H,11H2,1-2H3. The fourth-order valence-corrected chi connectivity index (χ4v) is 2.35. The predicted molar refractivity (Wildman–Crippen MR) is 80.7 cm³/mol. The quantitative estimate of drug-likeness (QED) is 0.783. The summed E-state index contributed by atoms with van der Waals surface area (Å²) in [6.07, 6.45) is 0. The van der Waals surface area contributed by atoms with Crippen LogP contribution in [0.4, 0.5) is 0 Å². The molecule has 0 radical (unpaired) electrons. The lowest BCUT2D eigenvalue weighted by atomic mass is 10.0. The topological polar surface area (TPSA) is 52.5 Å². The smallest absolute Gasteiger partial charge is 0.120 e. The van der Waals surface area contributed by atoms with E-state index in [1.165, 1.54) is 0 Å². The van der Waals surface area contributed by atoms with Gasteiger partial charge in [-0.05, 0) is 25.5 Å². The highest BCUT2D eigenvalue weighted by atomic mass is 16.3. The third-order valence-corrected chi connectivity index (χ3v) is 3.49. The summed E-state index contributed by atoms with van der Waals surface area (Å²) in [4.78, 5) is 0. The number of hydrogen-bond donors (Lipinski definition) is 3. The van der Waals surface area contributed by atoms with Gasteiger partial charge in [0.25, 0.3) is 0 Å². The van der Waals surface area contributed by atoms with Crippen molar-refractivity contribution >= 4 is 0 Å². The molecule has 106 valence electrons. The van der Waals surface area contributed by atoms with E-state index in [1.54, 1.807) is 6.07 Å². The third kappa shape index (κ3) is 3.38. The Balaban J connectivity index is 2.17. The van der Waals surface area contributed by atoms with Crippen LogP contribution >= 0.6 is 0 Å². The van der Waals surface area contributed by atoms with Crippen molar-refractivity contribution in [2.24, 2.45) is 0 Å². The summed E-state index contributed by atoms with van der Waals surface area (Å²) in [5, 5.41) is 22.9. The van der Waals surface area contributed by atoms with E-state index >= 15 is 0 Å². The van der Waals surface area contributed by atoms with Crippen molar-refractivity contribution in [1.29, 1.82) is 0 Å². The van der Waals surface area contributed by atoms with Crippen molar-refractivity contribution in [2.45, 2.75) is 25.9 Å². The summed E-state index contributed by atoms with van der Waals surface area (Å²) in [6.45, 7) is 4.00. The van der Waals surface area contributed by atoms with Gasteiger partial charge in [0.05, 0.1) is 12.6 Å². The first-order valence-electron chi connectivity index (χ1n) is 6.83. The average Bonchev–Trinajstić information content (AvgIpc) is 2.48. The van der Waals surface area contributed by atoms with Crippen molar-refractivity contribution in [3.05, 3.63) is 65.2 Å². The van der Waals surface area contributed by atoms with E-state index in [2.05, 4.69) is 5.32 Å². The van der Waals surface area contributed by atoms with E-state index < -0.39 is 0 Å². The molecule has 2 rings (SSSR count). The van der Waals surface area contributed by atoms with Crippen LogP contribution in [0.25, 0.3) is 0 Å². The molecule has 0 amide bonds. The Morgan fingerprint density at radius 3 is 2.45 bits per heavy atom. The second-order valence-corrected chi connectivity index (χ2v) is 5.10. The van der Waals surface area contributed by atoms with Gasteiger partial charge in [0.2, 0.25) is 0 Å². The van der Waals surface area contributed by atoms with Crippen LogP contribution < -0.4 is 5.32 Å². The number of aryl methyl sites for hydroxylation is 1. The van der Waals surface area contributed by atoms with Gasteiger partial charge in [-0.25, -0.2) is 0 Å². The Kier molecular flexibility index (Phi) is 4.77. The summed E-state index contributed by atoms with van der Waals surface area (Å²) in [6, 6.07) is 15.2. The minimum absolute atomic E-state index is 0.0148. The fourth-order valence-electron chi connectivity index (χ4n) is 2.35. The van der Waals surface area contributed by atoms with Gasteiger partial charge in [-0.2, -0.15) is 0 Å². The van der Waals surface area contributed by atoms with E-state index in [0.717, 1.165) is 16.7 Å². The Morgan fingerprint density at radius 2 is 1.80 bits per heavy atom.